The molecule has 0 saturated carbocycles. The maximum atomic E-state index is 12.9. The number of rotatable bonds is 10. The normalized spacial score (nSPS) is 17.9. The van der Waals surface area contributed by atoms with Crippen LogP contribution in [0.3, 0.4) is 0 Å². The van der Waals surface area contributed by atoms with Gasteiger partial charge in [0.15, 0.2) is 6.29 Å². The van der Waals surface area contributed by atoms with Gasteiger partial charge in [-0.1, -0.05) is 0 Å². The first-order valence-corrected chi connectivity index (χ1v) is 8.96. The molecule has 0 aromatic carbocycles. The maximum absolute atomic E-state index is 12.9. The molecule has 1 aliphatic heterocycles. The summed E-state index contributed by atoms with van der Waals surface area (Å²) in [5.41, 5.74) is -0.635. The molecule has 124 valence electrons. The molecule has 7 nitrogen and oxygen atoms in total. The lowest BCUT2D eigenvalue weighted by molar-refractivity contribution is -0.143. The minimum atomic E-state index is -3.41. The summed E-state index contributed by atoms with van der Waals surface area (Å²) in [7, 11) is -3.41. The van der Waals surface area contributed by atoms with Gasteiger partial charge in [-0.25, -0.2) is 0 Å². The molecule has 0 spiro atoms. The molecule has 1 atom stereocenters. The fourth-order valence-electron chi connectivity index (χ4n) is 2.13. The Hall–Kier alpha value is -0.460. The van der Waals surface area contributed by atoms with Gasteiger partial charge >= 0.3 is 13.6 Å². The quantitative estimate of drug-likeness (QED) is 0.450. The smallest absolute Gasteiger partial charge is 0.338 e. The maximum Gasteiger partial charge on any atom is 0.338 e. The van der Waals surface area contributed by atoms with Gasteiger partial charge in [0.05, 0.1) is 33.0 Å². The summed E-state index contributed by atoms with van der Waals surface area (Å²) in [5, 5.41) is 0. The van der Waals surface area contributed by atoms with Crippen molar-refractivity contribution in [1.29, 1.82) is 0 Å². The van der Waals surface area contributed by atoms with Crippen LogP contribution in [0.4, 0.5) is 0 Å². The molecule has 0 aliphatic carbocycles. The van der Waals surface area contributed by atoms with Gasteiger partial charge in [-0.05, 0) is 27.2 Å². The predicted octanol–water partition coefficient (Wildman–Crippen LogP) is 2.34. The van der Waals surface area contributed by atoms with Crippen molar-refractivity contribution in [3.8, 4) is 0 Å². The largest absolute Gasteiger partial charge is 0.466 e. The van der Waals surface area contributed by atoms with Crippen molar-refractivity contribution >= 4 is 13.6 Å². The van der Waals surface area contributed by atoms with Crippen LogP contribution in [-0.2, 0) is 32.6 Å². The molecule has 0 radical (unpaired) electrons. The van der Waals surface area contributed by atoms with E-state index in [1.807, 2.05) is 0 Å². The van der Waals surface area contributed by atoms with Gasteiger partial charge in [0.1, 0.15) is 5.66 Å². The molecule has 0 N–H and O–H groups in total. The van der Waals surface area contributed by atoms with Crippen molar-refractivity contribution in [3.05, 3.63) is 0 Å². The second-order valence-electron chi connectivity index (χ2n) is 4.40. The lowest BCUT2D eigenvalue weighted by Gasteiger charge is -2.29. The van der Waals surface area contributed by atoms with E-state index in [1.54, 1.807) is 20.8 Å². The van der Waals surface area contributed by atoms with E-state index in [4.69, 9.17) is 23.3 Å². The molecule has 1 aliphatic rings. The van der Waals surface area contributed by atoms with Gasteiger partial charge in [0, 0.05) is 6.42 Å². The van der Waals surface area contributed by atoms with Crippen LogP contribution in [0.15, 0.2) is 0 Å². The Morgan fingerprint density at radius 3 is 2.19 bits per heavy atom. The molecule has 1 fully saturated rings. The highest BCUT2D eigenvalue weighted by atomic mass is 31.2. The number of hydrogen-bond donors (Lipinski definition) is 0. The summed E-state index contributed by atoms with van der Waals surface area (Å²) in [4.78, 5) is 11.5. The summed E-state index contributed by atoms with van der Waals surface area (Å²) in [5.74, 6) is -0.347. The van der Waals surface area contributed by atoms with E-state index in [0.717, 1.165) is 0 Å². The van der Waals surface area contributed by atoms with Gasteiger partial charge in [0.2, 0.25) is 0 Å². The fraction of sp³-hybridized carbons (Fsp3) is 0.923. The van der Waals surface area contributed by atoms with Crippen molar-refractivity contribution in [2.45, 2.75) is 45.6 Å². The van der Waals surface area contributed by atoms with Crippen molar-refractivity contribution in [2.75, 3.05) is 33.0 Å². The summed E-state index contributed by atoms with van der Waals surface area (Å²) in [6.45, 7) is 6.89. The molecule has 1 saturated heterocycles. The number of carbonyl (C=O) groups is 1. The number of hydrogen-bond acceptors (Lipinski definition) is 7. The number of ether oxygens (including phenoxy) is 3. The molecule has 0 bridgehead atoms. The molecule has 0 aromatic heterocycles. The van der Waals surface area contributed by atoms with Gasteiger partial charge in [-0.15, -0.1) is 0 Å². The van der Waals surface area contributed by atoms with Crippen LogP contribution in [0.2, 0.25) is 0 Å². The Morgan fingerprint density at radius 1 is 1.14 bits per heavy atom. The van der Waals surface area contributed by atoms with Crippen LogP contribution in [0, 0.1) is 0 Å². The van der Waals surface area contributed by atoms with Crippen LogP contribution in [0.5, 0.6) is 0 Å². The zero-order valence-electron chi connectivity index (χ0n) is 12.9. The van der Waals surface area contributed by atoms with Gasteiger partial charge in [0.25, 0.3) is 0 Å². The molecule has 8 heteroatoms. The average molecular weight is 324 g/mol. The van der Waals surface area contributed by atoms with Crippen LogP contribution < -0.4 is 0 Å². The highest BCUT2D eigenvalue weighted by molar-refractivity contribution is 7.54. The highest BCUT2D eigenvalue weighted by Crippen LogP contribution is 2.56. The standard InChI is InChI=1S/C13H25O7P/c1-4-16-12(14)8-7-11(13-17-9-10-18-13)21(15,19-5-2)20-6-3/h11,13H,4-10H2,1-3H3. The molecule has 1 unspecified atom stereocenters. The van der Waals surface area contributed by atoms with E-state index >= 15 is 0 Å². The van der Waals surface area contributed by atoms with E-state index in [1.165, 1.54) is 0 Å². The zero-order chi connectivity index (χ0) is 15.7. The molecular formula is C13H25O7P. The summed E-state index contributed by atoms with van der Waals surface area (Å²) in [6, 6.07) is 0. The van der Waals surface area contributed by atoms with Crippen LogP contribution in [-0.4, -0.2) is 51.0 Å². The lowest BCUT2D eigenvalue weighted by Crippen LogP contribution is -2.30. The molecule has 0 aromatic rings. The van der Waals surface area contributed by atoms with E-state index in [9.17, 15) is 9.36 Å². The van der Waals surface area contributed by atoms with Crippen molar-refractivity contribution < 1.29 is 32.6 Å². The van der Waals surface area contributed by atoms with E-state index in [0.29, 0.717) is 19.8 Å². The zero-order valence-corrected chi connectivity index (χ0v) is 13.8. The summed E-state index contributed by atoms with van der Waals surface area (Å²) in [6.07, 6.45) is -0.296. The Balaban J connectivity index is 2.78. The monoisotopic (exact) mass is 324 g/mol. The summed E-state index contributed by atoms with van der Waals surface area (Å²) >= 11 is 0. The third-order valence-corrected chi connectivity index (χ3v) is 5.49. The Kier molecular flexibility index (Phi) is 8.44. The first-order chi connectivity index (χ1) is 10.1. The Bertz CT molecular complexity index is 344. The lowest BCUT2D eigenvalue weighted by atomic mass is 10.2. The third kappa shape index (κ3) is 5.68. The molecule has 1 rings (SSSR count). The van der Waals surface area contributed by atoms with E-state index < -0.39 is 19.5 Å². The third-order valence-electron chi connectivity index (χ3n) is 2.94. The van der Waals surface area contributed by atoms with Crippen LogP contribution >= 0.6 is 7.60 Å². The topological polar surface area (TPSA) is 80.3 Å². The Labute approximate surface area is 125 Å². The minimum absolute atomic E-state index is 0.117. The minimum Gasteiger partial charge on any atom is -0.466 e. The van der Waals surface area contributed by atoms with Crippen molar-refractivity contribution in [1.82, 2.24) is 0 Å². The fourth-order valence-corrected chi connectivity index (χ4v) is 4.22. The van der Waals surface area contributed by atoms with Gasteiger partial charge < -0.3 is 23.3 Å². The predicted molar refractivity (Wildman–Crippen MR) is 76.2 cm³/mol. The van der Waals surface area contributed by atoms with E-state index in [2.05, 4.69) is 0 Å². The average Bonchev–Trinajstić information content (AvgIpc) is 2.93. The highest BCUT2D eigenvalue weighted by Gasteiger charge is 2.44. The Morgan fingerprint density at radius 2 is 1.71 bits per heavy atom. The molecule has 1 heterocycles. The second kappa shape index (κ2) is 9.54. The van der Waals surface area contributed by atoms with Gasteiger partial charge in [-0.3, -0.25) is 9.36 Å². The molecular weight excluding hydrogens is 299 g/mol. The first kappa shape index (κ1) is 18.6. The van der Waals surface area contributed by atoms with Crippen molar-refractivity contribution in [3.63, 3.8) is 0 Å². The van der Waals surface area contributed by atoms with E-state index in [-0.39, 0.29) is 32.0 Å². The van der Waals surface area contributed by atoms with Crippen molar-refractivity contribution in [2.24, 2.45) is 0 Å². The number of carbonyl (C=O) groups excluding carboxylic acids is 1. The number of esters is 1. The second-order valence-corrected chi connectivity index (χ2v) is 6.66. The molecule has 0 amide bonds. The SMILES string of the molecule is CCOC(=O)CCC(C1OCCO1)P(=O)(OCC)OCC. The summed E-state index contributed by atoms with van der Waals surface area (Å²) < 4.78 is 39.4. The van der Waals surface area contributed by atoms with Crippen LogP contribution in [0.1, 0.15) is 33.6 Å². The van der Waals surface area contributed by atoms with Crippen LogP contribution in [0.25, 0.3) is 0 Å². The molecule has 21 heavy (non-hydrogen) atoms. The first-order valence-electron chi connectivity index (χ1n) is 7.35. The van der Waals surface area contributed by atoms with Gasteiger partial charge in [-0.2, -0.15) is 0 Å².